The van der Waals surface area contributed by atoms with Crippen LogP contribution in [-0.4, -0.2) is 16.1 Å². The van der Waals surface area contributed by atoms with E-state index in [0.717, 1.165) is 0 Å². The predicted molar refractivity (Wildman–Crippen MR) is 72.0 cm³/mol. The molecule has 1 atom stereocenters. The molecule has 1 aliphatic heterocycles. The molecular weight excluding hydrogens is 273 g/mol. The summed E-state index contributed by atoms with van der Waals surface area (Å²) in [5, 5.41) is 9.58. The van der Waals surface area contributed by atoms with Gasteiger partial charge < -0.3 is 9.73 Å². The lowest BCUT2D eigenvalue weighted by molar-refractivity contribution is 0.0955. The number of amides is 1. The Morgan fingerprint density at radius 2 is 2.05 bits per heavy atom. The van der Waals surface area contributed by atoms with Gasteiger partial charge in [-0.25, -0.2) is 4.39 Å². The summed E-state index contributed by atoms with van der Waals surface area (Å²) in [6, 6.07) is 9.28. The number of benzene rings is 1. The van der Waals surface area contributed by atoms with Crippen LogP contribution in [0.4, 0.5) is 4.39 Å². The summed E-state index contributed by atoms with van der Waals surface area (Å²) in [6.07, 6.45) is 1.53. The van der Waals surface area contributed by atoms with Crippen LogP contribution in [0, 0.1) is 5.82 Å². The van der Waals surface area contributed by atoms with E-state index in [9.17, 15) is 9.18 Å². The number of H-pyrrole nitrogens is 1. The molecule has 3 aromatic rings. The van der Waals surface area contributed by atoms with Gasteiger partial charge in [0.15, 0.2) is 11.5 Å². The van der Waals surface area contributed by atoms with Gasteiger partial charge in [-0.1, -0.05) is 18.2 Å². The van der Waals surface area contributed by atoms with Crippen LogP contribution in [0.15, 0.2) is 47.1 Å². The first kappa shape index (κ1) is 11.9. The second-order valence-electron chi connectivity index (χ2n) is 4.77. The van der Waals surface area contributed by atoms with Crippen LogP contribution in [0.1, 0.15) is 27.7 Å². The monoisotopic (exact) mass is 283 g/mol. The second kappa shape index (κ2) is 4.31. The average molecular weight is 283 g/mol. The Labute approximate surface area is 118 Å². The molecule has 1 aliphatic rings. The van der Waals surface area contributed by atoms with E-state index < -0.39 is 6.04 Å². The van der Waals surface area contributed by atoms with Gasteiger partial charge in [0.05, 0.1) is 12.3 Å². The number of carbonyl (C=O) groups excluding carboxylic acids is 1. The molecular formula is C15H10FN3O2. The summed E-state index contributed by atoms with van der Waals surface area (Å²) in [5.41, 5.74) is 1.87. The molecule has 0 bridgehead atoms. The van der Waals surface area contributed by atoms with Crippen molar-refractivity contribution in [2.75, 3.05) is 0 Å². The summed E-state index contributed by atoms with van der Waals surface area (Å²) in [4.78, 5) is 12.0. The molecule has 21 heavy (non-hydrogen) atoms. The standard InChI is InChI=1S/C15H10FN3O2/c16-9-5-2-1-4-8(9)12-11-13(10-6-3-7-21-10)18-19-14(11)15(20)17-12/h1-7,12H,(H,17,20)(H,18,19)/t12-/m0/s1. The summed E-state index contributed by atoms with van der Waals surface area (Å²) >= 11 is 0. The minimum atomic E-state index is -0.576. The molecule has 104 valence electrons. The molecule has 5 nitrogen and oxygen atoms in total. The third kappa shape index (κ3) is 1.69. The van der Waals surface area contributed by atoms with E-state index in [1.54, 1.807) is 30.3 Å². The zero-order valence-corrected chi connectivity index (χ0v) is 10.8. The van der Waals surface area contributed by atoms with Gasteiger partial charge in [-0.15, -0.1) is 0 Å². The van der Waals surface area contributed by atoms with Crippen LogP contribution in [-0.2, 0) is 0 Å². The van der Waals surface area contributed by atoms with Gasteiger partial charge in [0.1, 0.15) is 11.5 Å². The zero-order valence-electron chi connectivity index (χ0n) is 10.8. The largest absolute Gasteiger partial charge is 0.463 e. The fourth-order valence-electron chi connectivity index (χ4n) is 2.63. The first-order valence-corrected chi connectivity index (χ1v) is 6.43. The van der Waals surface area contributed by atoms with Crippen molar-refractivity contribution in [1.29, 1.82) is 0 Å². The molecule has 0 saturated carbocycles. The topological polar surface area (TPSA) is 70.9 Å². The summed E-state index contributed by atoms with van der Waals surface area (Å²) in [6.45, 7) is 0. The molecule has 1 amide bonds. The van der Waals surface area contributed by atoms with E-state index in [0.29, 0.717) is 22.6 Å². The van der Waals surface area contributed by atoms with E-state index in [1.165, 1.54) is 12.3 Å². The molecule has 2 N–H and O–H groups in total. The normalized spacial score (nSPS) is 16.8. The molecule has 0 unspecified atom stereocenters. The highest BCUT2D eigenvalue weighted by Gasteiger charge is 2.37. The SMILES string of the molecule is O=C1N[C@@H](c2ccccc2F)c2c1n[nH]c2-c1ccco1. The third-order valence-electron chi connectivity index (χ3n) is 3.57. The fourth-order valence-corrected chi connectivity index (χ4v) is 2.63. The maximum absolute atomic E-state index is 14.0. The number of aromatic amines is 1. The van der Waals surface area contributed by atoms with Gasteiger partial charge >= 0.3 is 0 Å². The minimum Gasteiger partial charge on any atom is -0.463 e. The highest BCUT2D eigenvalue weighted by atomic mass is 19.1. The number of aromatic nitrogens is 2. The number of hydrogen-bond acceptors (Lipinski definition) is 3. The number of rotatable bonds is 2. The van der Waals surface area contributed by atoms with E-state index in [1.807, 2.05) is 0 Å². The smallest absolute Gasteiger partial charge is 0.272 e. The molecule has 0 fully saturated rings. The van der Waals surface area contributed by atoms with Crippen LogP contribution >= 0.6 is 0 Å². The van der Waals surface area contributed by atoms with Gasteiger partial charge in [0, 0.05) is 11.1 Å². The summed E-state index contributed by atoms with van der Waals surface area (Å²) in [5.74, 6) is -0.142. The highest BCUT2D eigenvalue weighted by molar-refractivity contribution is 5.99. The highest BCUT2D eigenvalue weighted by Crippen LogP contribution is 2.37. The van der Waals surface area contributed by atoms with Crippen molar-refractivity contribution in [3.63, 3.8) is 0 Å². The Bertz CT molecular complexity index is 823. The molecule has 0 spiro atoms. The van der Waals surface area contributed by atoms with Crippen molar-refractivity contribution < 1.29 is 13.6 Å². The molecule has 4 rings (SSSR count). The number of halogens is 1. The molecule has 0 radical (unpaired) electrons. The fraction of sp³-hybridized carbons (Fsp3) is 0.0667. The van der Waals surface area contributed by atoms with E-state index >= 15 is 0 Å². The maximum atomic E-state index is 14.0. The van der Waals surface area contributed by atoms with Gasteiger partial charge in [-0.05, 0) is 18.2 Å². The van der Waals surface area contributed by atoms with Crippen molar-refractivity contribution in [3.8, 4) is 11.5 Å². The first-order chi connectivity index (χ1) is 10.3. The van der Waals surface area contributed by atoms with E-state index in [2.05, 4.69) is 15.5 Å². The van der Waals surface area contributed by atoms with Crippen molar-refractivity contribution in [2.24, 2.45) is 0 Å². The van der Waals surface area contributed by atoms with Gasteiger partial charge in [-0.3, -0.25) is 9.89 Å². The predicted octanol–water partition coefficient (Wildman–Crippen LogP) is 2.64. The van der Waals surface area contributed by atoms with E-state index in [4.69, 9.17) is 4.42 Å². The summed E-state index contributed by atoms with van der Waals surface area (Å²) in [7, 11) is 0. The molecule has 6 heteroatoms. The Kier molecular flexibility index (Phi) is 2.44. The van der Waals surface area contributed by atoms with Crippen molar-refractivity contribution >= 4 is 5.91 Å². The maximum Gasteiger partial charge on any atom is 0.272 e. The van der Waals surface area contributed by atoms with Crippen LogP contribution in [0.5, 0.6) is 0 Å². The minimum absolute atomic E-state index is 0.273. The van der Waals surface area contributed by atoms with E-state index in [-0.39, 0.29) is 17.4 Å². The molecule has 1 aromatic carbocycles. The number of nitrogens with zero attached hydrogens (tertiary/aromatic N) is 1. The number of carbonyl (C=O) groups is 1. The Hall–Kier alpha value is -2.89. The van der Waals surface area contributed by atoms with Gasteiger partial charge in [-0.2, -0.15) is 5.10 Å². The zero-order chi connectivity index (χ0) is 14.4. The van der Waals surface area contributed by atoms with Gasteiger partial charge in [0.25, 0.3) is 5.91 Å². The number of furan rings is 1. The van der Waals surface area contributed by atoms with Crippen LogP contribution < -0.4 is 5.32 Å². The third-order valence-corrected chi connectivity index (χ3v) is 3.57. The molecule has 3 heterocycles. The lowest BCUT2D eigenvalue weighted by Crippen LogP contribution is -2.21. The number of nitrogens with one attached hydrogen (secondary N) is 2. The van der Waals surface area contributed by atoms with Crippen LogP contribution in [0.2, 0.25) is 0 Å². The van der Waals surface area contributed by atoms with Crippen molar-refractivity contribution in [1.82, 2.24) is 15.5 Å². The summed E-state index contributed by atoms with van der Waals surface area (Å²) < 4.78 is 19.4. The lowest BCUT2D eigenvalue weighted by atomic mass is 9.98. The van der Waals surface area contributed by atoms with Gasteiger partial charge in [0.2, 0.25) is 0 Å². The molecule has 0 aliphatic carbocycles. The average Bonchev–Trinajstić information content (AvgIpc) is 3.18. The van der Waals surface area contributed by atoms with Crippen molar-refractivity contribution in [2.45, 2.75) is 6.04 Å². The number of hydrogen-bond donors (Lipinski definition) is 2. The number of fused-ring (bicyclic) bond motifs is 1. The molecule has 0 saturated heterocycles. The quantitative estimate of drug-likeness (QED) is 0.759. The second-order valence-corrected chi connectivity index (χ2v) is 4.77. The Morgan fingerprint density at radius 3 is 2.81 bits per heavy atom. The van der Waals surface area contributed by atoms with Crippen LogP contribution in [0.25, 0.3) is 11.5 Å². The Balaban J connectivity index is 1.91. The van der Waals surface area contributed by atoms with Crippen molar-refractivity contribution in [3.05, 3.63) is 65.3 Å². The lowest BCUT2D eigenvalue weighted by Gasteiger charge is -2.13. The van der Waals surface area contributed by atoms with Crippen LogP contribution in [0.3, 0.4) is 0 Å². The first-order valence-electron chi connectivity index (χ1n) is 6.43. The Morgan fingerprint density at radius 1 is 1.19 bits per heavy atom. The molecule has 2 aromatic heterocycles.